The Balaban J connectivity index is 1.19. The first-order valence-electron chi connectivity index (χ1n) is 12.2. The van der Waals surface area contributed by atoms with Crippen LogP contribution in [-0.2, 0) is 38.4 Å². The SMILES string of the molecule is Nc1nc(/C(=N/OCF)C(=O)N[C@@H]2C(=O)N3C(C(=O)[S-])=C(c4nc(-c5cc[n+](Cc6nccs6)cc5)cs4)CS[C@H]23)ns1. The average molecular weight is 676 g/mol. The summed E-state index contributed by atoms with van der Waals surface area (Å²) in [6.45, 7) is -0.629. The van der Waals surface area contributed by atoms with Crippen molar-refractivity contribution in [3.05, 3.63) is 63.0 Å². The Morgan fingerprint density at radius 1 is 1.28 bits per heavy atom. The number of rotatable bonds is 10. The van der Waals surface area contributed by atoms with Crippen molar-refractivity contribution < 1.29 is 28.2 Å². The number of nitrogens with zero attached hydrogens (tertiary/aromatic N) is 7. The van der Waals surface area contributed by atoms with Gasteiger partial charge in [-0.2, -0.15) is 13.9 Å². The summed E-state index contributed by atoms with van der Waals surface area (Å²) in [6, 6.07) is 2.88. The molecule has 0 unspecified atom stereocenters. The molecule has 1 fully saturated rings. The minimum atomic E-state index is -1.29. The summed E-state index contributed by atoms with van der Waals surface area (Å²) in [5.74, 6) is -1.27. The molecular weight excluding hydrogens is 658 g/mol. The van der Waals surface area contributed by atoms with Gasteiger partial charge in [0.25, 0.3) is 18.7 Å². The number of thiazole rings is 2. The smallest absolute Gasteiger partial charge is 0.278 e. The van der Waals surface area contributed by atoms with Crippen LogP contribution in [0.3, 0.4) is 0 Å². The molecule has 0 aliphatic carbocycles. The van der Waals surface area contributed by atoms with Gasteiger partial charge in [0.15, 0.2) is 29.1 Å². The summed E-state index contributed by atoms with van der Waals surface area (Å²) in [4.78, 5) is 57.4. The van der Waals surface area contributed by atoms with Crippen molar-refractivity contribution in [3.8, 4) is 11.3 Å². The zero-order valence-electron chi connectivity index (χ0n) is 21.6. The molecule has 13 nitrogen and oxygen atoms in total. The van der Waals surface area contributed by atoms with Gasteiger partial charge in [0.1, 0.15) is 16.4 Å². The van der Waals surface area contributed by atoms with E-state index in [0.717, 1.165) is 27.8 Å². The molecule has 2 atom stereocenters. The lowest BCUT2D eigenvalue weighted by Gasteiger charge is -2.50. The summed E-state index contributed by atoms with van der Waals surface area (Å²) < 4.78 is 18.5. The number of oxime groups is 1. The third-order valence-electron chi connectivity index (χ3n) is 6.27. The van der Waals surface area contributed by atoms with Crippen LogP contribution in [0.1, 0.15) is 15.8 Å². The van der Waals surface area contributed by atoms with Crippen LogP contribution in [0.2, 0.25) is 0 Å². The maximum absolute atomic E-state index is 13.2. The van der Waals surface area contributed by atoms with Crippen LogP contribution in [-0.4, -0.2) is 70.9 Å². The minimum absolute atomic E-state index is 0.0590. The molecule has 1 saturated heterocycles. The van der Waals surface area contributed by atoms with E-state index in [2.05, 4.69) is 29.7 Å². The van der Waals surface area contributed by atoms with Gasteiger partial charge in [0, 0.05) is 57.5 Å². The van der Waals surface area contributed by atoms with Gasteiger partial charge >= 0.3 is 0 Å². The predicted molar refractivity (Wildman–Crippen MR) is 161 cm³/mol. The summed E-state index contributed by atoms with van der Waals surface area (Å²) in [5.41, 5.74) is 7.36. The Kier molecular flexibility index (Phi) is 8.39. The van der Waals surface area contributed by atoms with Crippen molar-refractivity contribution in [2.45, 2.75) is 18.0 Å². The number of hydrogen-bond acceptors (Lipinski definition) is 15. The molecule has 4 aromatic heterocycles. The third kappa shape index (κ3) is 5.85. The monoisotopic (exact) mass is 675 g/mol. The van der Waals surface area contributed by atoms with Crippen molar-refractivity contribution >= 4 is 91.9 Å². The van der Waals surface area contributed by atoms with E-state index in [1.165, 1.54) is 28.0 Å². The fourth-order valence-corrected chi connectivity index (χ4v) is 7.94. The van der Waals surface area contributed by atoms with Gasteiger partial charge in [0.05, 0.1) is 16.5 Å². The Morgan fingerprint density at radius 2 is 2.09 bits per heavy atom. The number of nitrogen functional groups attached to an aromatic ring is 1. The number of alkyl halides is 1. The molecule has 43 heavy (non-hydrogen) atoms. The maximum Gasteiger partial charge on any atom is 0.278 e. The molecule has 0 radical (unpaired) electrons. The minimum Gasteiger partial charge on any atom is -0.735 e. The van der Waals surface area contributed by atoms with E-state index in [-0.39, 0.29) is 16.7 Å². The van der Waals surface area contributed by atoms with E-state index in [1.54, 1.807) is 17.5 Å². The van der Waals surface area contributed by atoms with Gasteiger partial charge in [0.2, 0.25) is 11.5 Å². The highest BCUT2D eigenvalue weighted by Gasteiger charge is 2.53. The molecule has 4 aromatic rings. The van der Waals surface area contributed by atoms with Gasteiger partial charge < -0.3 is 33.3 Å². The standard InChI is InChI=1S/C24H18FN9O4S5/c25-10-38-31-15(18-30-24(26)43-32-18)19(35)29-16-21(36)34-17(23(37)39)12(8-42-22(16)34)20-28-13(9-41-20)11-1-4-33(5-2-11)7-14-27-3-6-40-14/h1-6,9,16,22H,7-8,10H2,(H3-,26,29,30,32,35,37,39)/b31-15-/t16-,22-/m1/s1. The van der Waals surface area contributed by atoms with Crippen LogP contribution in [0, 0.1) is 0 Å². The number of thioether (sulfide) groups is 1. The summed E-state index contributed by atoms with van der Waals surface area (Å²) in [5, 5.41) is 10.1. The maximum atomic E-state index is 13.2. The van der Waals surface area contributed by atoms with Gasteiger partial charge in [-0.3, -0.25) is 14.5 Å². The molecule has 19 heteroatoms. The second-order valence-corrected chi connectivity index (χ2v) is 12.9. The molecule has 0 saturated carbocycles. The van der Waals surface area contributed by atoms with Crippen molar-refractivity contribution in [1.29, 1.82) is 0 Å². The highest BCUT2D eigenvalue weighted by atomic mass is 32.2. The van der Waals surface area contributed by atoms with Crippen LogP contribution in [0.5, 0.6) is 0 Å². The lowest BCUT2D eigenvalue weighted by Crippen LogP contribution is -2.70. The number of carbonyl (C=O) groups excluding carboxylic acids is 3. The number of amides is 2. The summed E-state index contributed by atoms with van der Waals surface area (Å²) >= 11 is 10.1. The Hall–Kier alpha value is -3.91. The molecular formula is C24H18FN9O4S5. The predicted octanol–water partition coefficient (Wildman–Crippen LogP) is 1.57. The highest BCUT2D eigenvalue weighted by Crippen LogP contribution is 2.44. The number of halogens is 1. The Morgan fingerprint density at radius 3 is 2.77 bits per heavy atom. The molecule has 6 heterocycles. The molecule has 220 valence electrons. The van der Waals surface area contributed by atoms with Crippen LogP contribution in [0.4, 0.5) is 9.52 Å². The van der Waals surface area contributed by atoms with E-state index >= 15 is 0 Å². The zero-order chi connectivity index (χ0) is 30.1. The lowest BCUT2D eigenvalue weighted by molar-refractivity contribution is -0.688. The number of aromatic nitrogens is 5. The molecule has 0 aromatic carbocycles. The number of carbonyl (C=O) groups is 3. The largest absolute Gasteiger partial charge is 0.735 e. The number of nitrogens with two attached hydrogens (primary N) is 1. The van der Waals surface area contributed by atoms with Gasteiger partial charge in [-0.05, 0) is 0 Å². The highest BCUT2D eigenvalue weighted by molar-refractivity contribution is 8.00. The second-order valence-electron chi connectivity index (χ2n) is 8.83. The van der Waals surface area contributed by atoms with E-state index in [9.17, 15) is 18.8 Å². The molecule has 2 amide bonds. The fraction of sp³-hybridized carbons (Fsp3) is 0.208. The number of β-lactam (4-membered cyclic amide) rings is 1. The van der Waals surface area contributed by atoms with Gasteiger partial charge in [-0.15, -0.1) is 34.4 Å². The molecule has 0 spiro atoms. The number of pyridine rings is 1. The van der Waals surface area contributed by atoms with Crippen LogP contribution in [0.25, 0.3) is 16.8 Å². The molecule has 6 rings (SSSR count). The number of fused-ring (bicyclic) bond motifs is 1. The Labute approximate surface area is 264 Å². The normalized spacial score (nSPS) is 18.3. The topological polar surface area (TPSA) is 170 Å². The first-order chi connectivity index (χ1) is 20.8. The number of hydrogen-bond donors (Lipinski definition) is 2. The van der Waals surface area contributed by atoms with Gasteiger partial charge in [-0.1, -0.05) is 5.16 Å². The molecule has 0 bridgehead atoms. The first kappa shape index (κ1) is 29.2. The zero-order valence-corrected chi connectivity index (χ0v) is 25.7. The number of nitrogens with one attached hydrogen (secondary N) is 1. The van der Waals surface area contributed by atoms with Crippen molar-refractivity contribution in [3.63, 3.8) is 0 Å². The third-order valence-corrected chi connectivity index (χ3v) is 9.95. The van der Waals surface area contributed by atoms with Crippen molar-refractivity contribution in [2.75, 3.05) is 18.3 Å². The average Bonchev–Trinajstić information content (AvgIpc) is 3.79. The molecule has 3 N–H and O–H groups in total. The van der Waals surface area contributed by atoms with Crippen LogP contribution < -0.4 is 15.6 Å². The molecule has 2 aliphatic rings. The van der Waals surface area contributed by atoms with E-state index < -0.39 is 40.9 Å². The molecule has 2 aliphatic heterocycles. The first-order valence-corrected chi connectivity index (χ1v) is 16.2. The summed E-state index contributed by atoms with van der Waals surface area (Å²) in [6.07, 6.45) is 5.66. The van der Waals surface area contributed by atoms with E-state index in [0.29, 0.717) is 22.9 Å². The van der Waals surface area contributed by atoms with Crippen LogP contribution >= 0.6 is 46.0 Å². The van der Waals surface area contributed by atoms with Crippen molar-refractivity contribution in [2.24, 2.45) is 5.16 Å². The summed E-state index contributed by atoms with van der Waals surface area (Å²) in [7, 11) is 0. The number of anilines is 1. The van der Waals surface area contributed by atoms with E-state index in [1.807, 2.05) is 39.9 Å². The van der Waals surface area contributed by atoms with E-state index in [4.69, 9.17) is 23.3 Å². The second kappa shape index (κ2) is 12.4. The lowest BCUT2D eigenvalue weighted by atomic mass is 10.0. The quantitative estimate of drug-likeness (QED) is 0.0823. The Bertz CT molecular complexity index is 1760. The van der Waals surface area contributed by atoms with Crippen molar-refractivity contribution in [1.82, 2.24) is 29.5 Å². The van der Waals surface area contributed by atoms with Gasteiger partial charge in [-0.25, -0.2) is 14.4 Å². The van der Waals surface area contributed by atoms with Crippen LogP contribution in [0.15, 0.2) is 52.3 Å². The fourth-order valence-electron chi connectivity index (χ4n) is 4.35.